The van der Waals surface area contributed by atoms with Gasteiger partial charge in [-0.3, -0.25) is 4.79 Å². The fourth-order valence-corrected chi connectivity index (χ4v) is 3.04. The highest BCUT2D eigenvalue weighted by molar-refractivity contribution is 5.92. The molecule has 0 radical (unpaired) electrons. The number of halogens is 1. The van der Waals surface area contributed by atoms with E-state index in [1.54, 1.807) is 28.9 Å². The summed E-state index contributed by atoms with van der Waals surface area (Å²) >= 11 is 0. The molecule has 4 rings (SSSR count). The first-order valence-corrected chi connectivity index (χ1v) is 9.22. The van der Waals surface area contributed by atoms with Gasteiger partial charge in [-0.2, -0.15) is 5.10 Å². The van der Waals surface area contributed by atoms with E-state index < -0.39 is 0 Å². The Morgan fingerprint density at radius 2 is 1.76 bits per heavy atom. The van der Waals surface area contributed by atoms with Crippen molar-refractivity contribution in [3.63, 3.8) is 0 Å². The van der Waals surface area contributed by atoms with E-state index in [1.165, 1.54) is 12.1 Å². The molecule has 0 aliphatic heterocycles. The highest BCUT2D eigenvalue weighted by Crippen LogP contribution is 2.24. The highest BCUT2D eigenvalue weighted by atomic mass is 19.1. The van der Waals surface area contributed by atoms with Crippen LogP contribution >= 0.6 is 0 Å². The monoisotopic (exact) mass is 386 g/mol. The van der Waals surface area contributed by atoms with E-state index in [-0.39, 0.29) is 18.3 Å². The molecule has 5 nitrogen and oxygen atoms in total. The van der Waals surface area contributed by atoms with Crippen molar-refractivity contribution in [3.05, 3.63) is 102 Å². The van der Waals surface area contributed by atoms with Gasteiger partial charge in [0.05, 0.1) is 11.4 Å². The number of nitrogens with zero attached hydrogens (tertiary/aromatic N) is 3. The van der Waals surface area contributed by atoms with Gasteiger partial charge in [0.15, 0.2) is 0 Å². The summed E-state index contributed by atoms with van der Waals surface area (Å²) in [6.07, 6.45) is 1.87. The molecule has 2 heterocycles. The number of para-hydroxylation sites is 1. The van der Waals surface area contributed by atoms with E-state index in [4.69, 9.17) is 0 Å². The minimum atomic E-state index is -0.309. The van der Waals surface area contributed by atoms with Crippen molar-refractivity contribution in [1.29, 1.82) is 0 Å². The first-order chi connectivity index (χ1) is 14.1. The van der Waals surface area contributed by atoms with Crippen molar-refractivity contribution in [2.24, 2.45) is 0 Å². The zero-order valence-corrected chi connectivity index (χ0v) is 15.8. The Labute approximate surface area is 167 Å². The summed E-state index contributed by atoms with van der Waals surface area (Å²) in [7, 11) is 0. The van der Waals surface area contributed by atoms with Gasteiger partial charge in [0.2, 0.25) is 0 Å². The number of benzene rings is 2. The molecule has 0 unspecified atom stereocenters. The van der Waals surface area contributed by atoms with Crippen LogP contribution in [0.2, 0.25) is 0 Å². The zero-order valence-electron chi connectivity index (χ0n) is 15.8. The molecule has 2 aromatic carbocycles. The molecular formula is C23H19FN4O. The van der Waals surface area contributed by atoms with Crippen LogP contribution in [-0.4, -0.2) is 20.7 Å². The lowest BCUT2D eigenvalue weighted by molar-refractivity contribution is 0.0946. The topological polar surface area (TPSA) is 59.8 Å². The van der Waals surface area contributed by atoms with Gasteiger partial charge < -0.3 is 5.32 Å². The van der Waals surface area contributed by atoms with Gasteiger partial charge in [-0.25, -0.2) is 14.1 Å². The molecule has 0 fully saturated rings. The quantitative estimate of drug-likeness (QED) is 0.556. The van der Waals surface area contributed by atoms with Crippen LogP contribution in [0, 0.1) is 12.7 Å². The van der Waals surface area contributed by atoms with Crippen molar-refractivity contribution in [2.75, 3.05) is 0 Å². The van der Waals surface area contributed by atoms with Gasteiger partial charge in [-0.05, 0) is 55.5 Å². The lowest BCUT2D eigenvalue weighted by atomic mass is 10.1. The van der Waals surface area contributed by atoms with Gasteiger partial charge in [-0.15, -0.1) is 0 Å². The van der Waals surface area contributed by atoms with Crippen LogP contribution in [0.15, 0.2) is 79.0 Å². The van der Waals surface area contributed by atoms with Gasteiger partial charge in [0.1, 0.15) is 11.5 Å². The number of hydrogen-bond donors (Lipinski definition) is 1. The molecule has 1 amide bonds. The molecule has 0 aliphatic carbocycles. The van der Waals surface area contributed by atoms with E-state index in [2.05, 4.69) is 15.4 Å². The average Bonchev–Trinajstić information content (AvgIpc) is 3.17. The Hall–Kier alpha value is -3.80. The molecule has 144 valence electrons. The summed E-state index contributed by atoms with van der Waals surface area (Å²) in [4.78, 5) is 16.7. The maximum Gasteiger partial charge on any atom is 0.270 e. The Morgan fingerprint density at radius 3 is 2.48 bits per heavy atom. The second-order valence-corrected chi connectivity index (χ2v) is 6.64. The normalized spacial score (nSPS) is 10.7. The van der Waals surface area contributed by atoms with Crippen LogP contribution in [-0.2, 0) is 6.54 Å². The second-order valence-electron chi connectivity index (χ2n) is 6.64. The second kappa shape index (κ2) is 8.06. The van der Waals surface area contributed by atoms with E-state index in [9.17, 15) is 9.18 Å². The Morgan fingerprint density at radius 1 is 1.00 bits per heavy atom. The number of nitrogens with one attached hydrogen (secondary N) is 1. The largest absolute Gasteiger partial charge is 0.346 e. The van der Waals surface area contributed by atoms with E-state index in [1.807, 2.05) is 49.5 Å². The third-order valence-electron chi connectivity index (χ3n) is 4.49. The van der Waals surface area contributed by atoms with Crippen molar-refractivity contribution in [1.82, 2.24) is 20.1 Å². The number of rotatable bonds is 5. The van der Waals surface area contributed by atoms with E-state index >= 15 is 0 Å². The molecule has 1 N–H and O–H groups in total. The van der Waals surface area contributed by atoms with Crippen LogP contribution < -0.4 is 5.32 Å². The SMILES string of the molecule is Cc1cccc(C(=O)NCc2cn(-c3ccccc3)nc2-c2ccc(F)cc2)n1. The molecule has 0 saturated carbocycles. The Bertz CT molecular complexity index is 1140. The summed E-state index contributed by atoms with van der Waals surface area (Å²) in [5, 5.41) is 7.57. The molecule has 0 atom stereocenters. The minimum absolute atomic E-state index is 0.258. The summed E-state index contributed by atoms with van der Waals surface area (Å²) in [6.45, 7) is 2.11. The van der Waals surface area contributed by atoms with Gasteiger partial charge in [0.25, 0.3) is 5.91 Å². The number of hydrogen-bond acceptors (Lipinski definition) is 3. The van der Waals surface area contributed by atoms with Crippen LogP contribution in [0.25, 0.3) is 16.9 Å². The number of carbonyl (C=O) groups is 1. The van der Waals surface area contributed by atoms with Crippen molar-refractivity contribution in [3.8, 4) is 16.9 Å². The van der Waals surface area contributed by atoms with Crippen molar-refractivity contribution >= 4 is 5.91 Å². The molecule has 2 aromatic heterocycles. The molecule has 29 heavy (non-hydrogen) atoms. The van der Waals surface area contributed by atoms with E-state index in [0.29, 0.717) is 11.4 Å². The van der Waals surface area contributed by atoms with Crippen molar-refractivity contribution in [2.45, 2.75) is 13.5 Å². The minimum Gasteiger partial charge on any atom is -0.346 e. The number of aromatic nitrogens is 3. The summed E-state index contributed by atoms with van der Waals surface area (Å²) in [5.41, 5.74) is 4.32. The average molecular weight is 386 g/mol. The lowest BCUT2D eigenvalue weighted by Gasteiger charge is -2.06. The summed E-state index contributed by atoms with van der Waals surface area (Å²) in [6, 6.07) is 21.2. The van der Waals surface area contributed by atoms with Crippen LogP contribution in [0.4, 0.5) is 4.39 Å². The molecule has 0 saturated heterocycles. The van der Waals surface area contributed by atoms with Crippen LogP contribution in [0.5, 0.6) is 0 Å². The van der Waals surface area contributed by atoms with Gasteiger partial charge in [0, 0.05) is 29.6 Å². The molecule has 0 spiro atoms. The zero-order chi connectivity index (χ0) is 20.2. The predicted octanol–water partition coefficient (Wildman–Crippen LogP) is 4.31. The van der Waals surface area contributed by atoms with Gasteiger partial charge >= 0.3 is 0 Å². The Balaban J connectivity index is 1.64. The van der Waals surface area contributed by atoms with Gasteiger partial charge in [-0.1, -0.05) is 24.3 Å². The smallest absolute Gasteiger partial charge is 0.270 e. The van der Waals surface area contributed by atoms with Crippen molar-refractivity contribution < 1.29 is 9.18 Å². The number of pyridine rings is 1. The third-order valence-corrected chi connectivity index (χ3v) is 4.49. The summed E-state index contributed by atoms with van der Waals surface area (Å²) < 4.78 is 15.1. The standard InChI is InChI=1S/C23H19FN4O/c1-16-6-5-9-21(26-16)23(29)25-14-18-15-28(20-7-3-2-4-8-20)27-22(18)17-10-12-19(24)13-11-17/h2-13,15H,14H2,1H3,(H,25,29). The molecule has 6 heteroatoms. The maximum atomic E-state index is 13.4. The fraction of sp³-hybridized carbons (Fsp3) is 0.0870. The van der Waals surface area contributed by atoms with E-state index in [0.717, 1.165) is 22.5 Å². The lowest BCUT2D eigenvalue weighted by Crippen LogP contribution is -2.24. The molecule has 4 aromatic rings. The molecular weight excluding hydrogens is 367 g/mol. The third kappa shape index (κ3) is 4.21. The number of aryl methyl sites for hydroxylation is 1. The Kier molecular flexibility index (Phi) is 5.16. The van der Waals surface area contributed by atoms with Crippen LogP contribution in [0.1, 0.15) is 21.7 Å². The van der Waals surface area contributed by atoms with Crippen LogP contribution in [0.3, 0.4) is 0 Å². The molecule has 0 aliphatic rings. The first kappa shape index (κ1) is 18.6. The molecule has 0 bridgehead atoms. The predicted molar refractivity (Wildman–Crippen MR) is 109 cm³/mol. The summed E-state index contributed by atoms with van der Waals surface area (Å²) in [5.74, 6) is -0.567. The maximum absolute atomic E-state index is 13.4. The fourth-order valence-electron chi connectivity index (χ4n) is 3.04. The number of carbonyl (C=O) groups excluding carboxylic acids is 1. The highest BCUT2D eigenvalue weighted by Gasteiger charge is 2.14. The first-order valence-electron chi connectivity index (χ1n) is 9.22. The number of amides is 1.